The molecule has 0 spiro atoms. The van der Waals surface area contributed by atoms with Gasteiger partial charge in [0.05, 0.1) is 16.0 Å². The topological polar surface area (TPSA) is 55.4 Å². The van der Waals surface area contributed by atoms with E-state index in [0.29, 0.717) is 12.4 Å². The van der Waals surface area contributed by atoms with Gasteiger partial charge < -0.3 is 4.74 Å². The summed E-state index contributed by atoms with van der Waals surface area (Å²) in [4.78, 5) is 0.191. The van der Waals surface area contributed by atoms with Gasteiger partial charge in [-0.2, -0.15) is 0 Å². The summed E-state index contributed by atoms with van der Waals surface area (Å²) in [6.07, 6.45) is 0. The van der Waals surface area contributed by atoms with Crippen LogP contribution in [0.2, 0.25) is 0 Å². The minimum absolute atomic E-state index is 0.191. The van der Waals surface area contributed by atoms with Gasteiger partial charge in [0, 0.05) is 6.07 Å². The summed E-state index contributed by atoms with van der Waals surface area (Å²) in [5.74, 6) is 0.522. The molecule has 0 amide bonds. The third-order valence-corrected chi connectivity index (χ3v) is 3.85. The molecule has 0 saturated heterocycles. The first-order valence-electron chi connectivity index (χ1n) is 4.37. The minimum Gasteiger partial charge on any atom is -0.493 e. The molecule has 0 aliphatic heterocycles. The van der Waals surface area contributed by atoms with Crippen molar-refractivity contribution in [1.82, 2.24) is 4.72 Å². The Kier molecular flexibility index (Phi) is 4.12. The summed E-state index contributed by atoms with van der Waals surface area (Å²) in [5, 5.41) is 0. The van der Waals surface area contributed by atoms with E-state index in [1.165, 1.54) is 19.2 Å². The first-order valence-corrected chi connectivity index (χ1v) is 6.64. The lowest BCUT2D eigenvalue weighted by molar-refractivity contribution is 0.337. The van der Waals surface area contributed by atoms with Gasteiger partial charge in [0.25, 0.3) is 0 Å². The quantitative estimate of drug-likeness (QED) is 0.920. The number of halogens is 1. The Labute approximate surface area is 97.8 Å². The third kappa shape index (κ3) is 2.93. The molecule has 1 aromatic rings. The smallest absolute Gasteiger partial charge is 0.240 e. The largest absolute Gasteiger partial charge is 0.493 e. The first kappa shape index (κ1) is 12.5. The number of sulfonamides is 1. The van der Waals surface area contributed by atoms with Crippen molar-refractivity contribution in [2.45, 2.75) is 11.8 Å². The predicted octanol–water partition coefficient (Wildman–Crippen LogP) is 1.76. The van der Waals surface area contributed by atoms with Gasteiger partial charge in [-0.3, -0.25) is 0 Å². The zero-order chi connectivity index (χ0) is 11.5. The van der Waals surface area contributed by atoms with E-state index >= 15 is 0 Å². The summed E-state index contributed by atoms with van der Waals surface area (Å²) < 4.78 is 31.2. The molecule has 0 atom stereocenters. The van der Waals surface area contributed by atoms with Gasteiger partial charge in [0.2, 0.25) is 10.0 Å². The summed E-state index contributed by atoms with van der Waals surface area (Å²) in [6, 6.07) is 4.65. The van der Waals surface area contributed by atoms with Crippen molar-refractivity contribution in [2.75, 3.05) is 13.7 Å². The standard InChI is InChI=1S/C9H12BrNO3S/c1-3-14-9-6-7(4-5-8(9)10)15(12,13)11-2/h4-6,11H,3H2,1-2H3. The molecule has 0 aliphatic rings. The van der Waals surface area contributed by atoms with Crippen molar-refractivity contribution in [1.29, 1.82) is 0 Å². The Hall–Kier alpha value is -0.590. The Morgan fingerprint density at radius 1 is 1.47 bits per heavy atom. The molecule has 1 aromatic carbocycles. The maximum Gasteiger partial charge on any atom is 0.240 e. The van der Waals surface area contributed by atoms with Crippen molar-refractivity contribution in [2.24, 2.45) is 0 Å². The van der Waals surface area contributed by atoms with Crippen molar-refractivity contribution in [3.05, 3.63) is 22.7 Å². The maximum absolute atomic E-state index is 11.5. The molecule has 0 aliphatic carbocycles. The van der Waals surface area contributed by atoms with Gasteiger partial charge in [-0.15, -0.1) is 0 Å². The zero-order valence-electron chi connectivity index (χ0n) is 8.45. The minimum atomic E-state index is -3.41. The Balaban J connectivity index is 3.19. The summed E-state index contributed by atoms with van der Waals surface area (Å²) in [5.41, 5.74) is 0. The van der Waals surface area contributed by atoms with Crippen LogP contribution in [0.15, 0.2) is 27.6 Å². The fraction of sp³-hybridized carbons (Fsp3) is 0.333. The molecule has 0 saturated carbocycles. The Morgan fingerprint density at radius 2 is 2.13 bits per heavy atom. The lowest BCUT2D eigenvalue weighted by Crippen LogP contribution is -2.18. The molecule has 0 aromatic heterocycles. The lowest BCUT2D eigenvalue weighted by atomic mass is 10.3. The predicted molar refractivity (Wildman–Crippen MR) is 61.6 cm³/mol. The van der Waals surface area contributed by atoms with Crippen LogP contribution in [-0.2, 0) is 10.0 Å². The van der Waals surface area contributed by atoms with Crippen molar-refractivity contribution < 1.29 is 13.2 Å². The molecule has 0 fully saturated rings. The molecule has 1 N–H and O–H groups in total. The fourth-order valence-electron chi connectivity index (χ4n) is 1.03. The van der Waals surface area contributed by atoms with Crippen LogP contribution in [0.1, 0.15) is 6.92 Å². The van der Waals surface area contributed by atoms with Crippen LogP contribution in [0.5, 0.6) is 5.75 Å². The van der Waals surface area contributed by atoms with Gasteiger partial charge in [0.15, 0.2) is 0 Å². The van der Waals surface area contributed by atoms with E-state index in [4.69, 9.17) is 4.74 Å². The molecule has 0 bridgehead atoms. The molecule has 15 heavy (non-hydrogen) atoms. The molecule has 6 heteroatoms. The lowest BCUT2D eigenvalue weighted by Gasteiger charge is -2.08. The van der Waals surface area contributed by atoms with Crippen LogP contribution in [0.25, 0.3) is 0 Å². The third-order valence-electron chi connectivity index (χ3n) is 1.78. The van der Waals surface area contributed by atoms with E-state index in [1.807, 2.05) is 6.92 Å². The number of nitrogens with one attached hydrogen (secondary N) is 1. The molecule has 0 heterocycles. The average molecular weight is 294 g/mol. The molecular formula is C9H12BrNO3S. The second-order valence-electron chi connectivity index (χ2n) is 2.73. The van der Waals surface area contributed by atoms with Gasteiger partial charge in [0.1, 0.15) is 5.75 Å². The van der Waals surface area contributed by atoms with Crippen LogP contribution >= 0.6 is 15.9 Å². The van der Waals surface area contributed by atoms with Gasteiger partial charge in [-0.05, 0) is 42.0 Å². The van der Waals surface area contributed by atoms with Crippen molar-refractivity contribution in [3.63, 3.8) is 0 Å². The first-order chi connectivity index (χ1) is 7.01. The van der Waals surface area contributed by atoms with Crippen LogP contribution in [0.3, 0.4) is 0 Å². The monoisotopic (exact) mass is 293 g/mol. The molecule has 84 valence electrons. The second kappa shape index (κ2) is 4.96. The summed E-state index contributed by atoms with van der Waals surface area (Å²) >= 11 is 3.28. The second-order valence-corrected chi connectivity index (χ2v) is 5.47. The molecule has 4 nitrogen and oxygen atoms in total. The molecule has 0 radical (unpaired) electrons. The highest BCUT2D eigenvalue weighted by Gasteiger charge is 2.13. The van der Waals surface area contributed by atoms with Crippen molar-refractivity contribution >= 4 is 26.0 Å². The van der Waals surface area contributed by atoms with E-state index in [-0.39, 0.29) is 4.90 Å². The number of rotatable bonds is 4. The van der Waals surface area contributed by atoms with Crippen LogP contribution in [-0.4, -0.2) is 22.1 Å². The van der Waals surface area contributed by atoms with E-state index in [0.717, 1.165) is 4.47 Å². The normalized spacial score (nSPS) is 11.4. The number of ether oxygens (including phenoxy) is 1. The highest BCUT2D eigenvalue weighted by Crippen LogP contribution is 2.27. The highest BCUT2D eigenvalue weighted by atomic mass is 79.9. The zero-order valence-corrected chi connectivity index (χ0v) is 10.9. The van der Waals surface area contributed by atoms with Gasteiger partial charge >= 0.3 is 0 Å². The van der Waals surface area contributed by atoms with Gasteiger partial charge in [-0.25, -0.2) is 13.1 Å². The van der Waals surface area contributed by atoms with Gasteiger partial charge in [-0.1, -0.05) is 0 Å². The summed E-state index contributed by atoms with van der Waals surface area (Å²) in [7, 11) is -2.03. The average Bonchev–Trinajstić information content (AvgIpc) is 2.21. The number of hydrogen-bond donors (Lipinski definition) is 1. The van der Waals surface area contributed by atoms with E-state index < -0.39 is 10.0 Å². The molecule has 0 unspecified atom stereocenters. The Bertz CT molecular complexity index is 445. The van der Waals surface area contributed by atoms with E-state index in [1.54, 1.807) is 6.07 Å². The number of hydrogen-bond acceptors (Lipinski definition) is 3. The number of benzene rings is 1. The van der Waals surface area contributed by atoms with E-state index in [9.17, 15) is 8.42 Å². The SMILES string of the molecule is CCOc1cc(S(=O)(=O)NC)ccc1Br. The van der Waals surface area contributed by atoms with Crippen LogP contribution < -0.4 is 9.46 Å². The fourth-order valence-corrected chi connectivity index (χ4v) is 2.14. The van der Waals surface area contributed by atoms with E-state index in [2.05, 4.69) is 20.7 Å². The van der Waals surface area contributed by atoms with Crippen LogP contribution in [0.4, 0.5) is 0 Å². The van der Waals surface area contributed by atoms with Crippen LogP contribution in [0, 0.1) is 0 Å². The maximum atomic E-state index is 11.5. The molecule has 1 rings (SSSR count). The summed E-state index contributed by atoms with van der Waals surface area (Å²) in [6.45, 7) is 2.33. The Morgan fingerprint density at radius 3 is 2.67 bits per heavy atom. The highest BCUT2D eigenvalue weighted by molar-refractivity contribution is 9.10. The van der Waals surface area contributed by atoms with Crippen molar-refractivity contribution in [3.8, 4) is 5.75 Å². The molecular weight excluding hydrogens is 282 g/mol.